The second-order valence-corrected chi connectivity index (χ2v) is 8.33. The monoisotopic (exact) mass is 284 g/mol. The summed E-state index contributed by atoms with van der Waals surface area (Å²) in [6.07, 6.45) is 7.91. The van der Waals surface area contributed by atoms with E-state index in [0.717, 1.165) is 6.54 Å². The Bertz CT molecular complexity index is 281. The minimum atomic E-state index is 0.411. The molecular formula is C16H32N2S. The summed E-state index contributed by atoms with van der Waals surface area (Å²) in [7, 11) is 0. The molecule has 1 aliphatic rings. The van der Waals surface area contributed by atoms with Gasteiger partial charge in [0, 0.05) is 11.3 Å². The molecule has 0 radical (unpaired) electrons. The van der Waals surface area contributed by atoms with E-state index in [9.17, 15) is 0 Å². The van der Waals surface area contributed by atoms with Gasteiger partial charge in [-0.25, -0.2) is 0 Å². The molecule has 0 fully saturated rings. The first-order valence-electron chi connectivity index (χ1n) is 7.88. The molecule has 1 N–H and O–H groups in total. The van der Waals surface area contributed by atoms with Crippen LogP contribution >= 0.6 is 11.8 Å². The molecular weight excluding hydrogens is 252 g/mol. The number of nitrogens with zero attached hydrogens (tertiary/aromatic N) is 1. The van der Waals surface area contributed by atoms with E-state index in [-0.39, 0.29) is 0 Å². The Morgan fingerprint density at radius 3 is 2.68 bits per heavy atom. The van der Waals surface area contributed by atoms with E-state index in [1.165, 1.54) is 43.7 Å². The summed E-state index contributed by atoms with van der Waals surface area (Å²) >= 11 is 1.95. The molecule has 0 bridgehead atoms. The number of amidine groups is 1. The molecule has 2 nitrogen and oxygen atoms in total. The van der Waals surface area contributed by atoms with Crippen molar-refractivity contribution in [1.82, 2.24) is 5.32 Å². The minimum absolute atomic E-state index is 0.411. The van der Waals surface area contributed by atoms with Gasteiger partial charge in [0.1, 0.15) is 0 Å². The van der Waals surface area contributed by atoms with Gasteiger partial charge < -0.3 is 5.32 Å². The van der Waals surface area contributed by atoms with Crippen LogP contribution in [0.3, 0.4) is 0 Å². The van der Waals surface area contributed by atoms with Gasteiger partial charge in [-0.3, -0.25) is 4.99 Å². The lowest BCUT2D eigenvalue weighted by atomic mass is 9.90. The lowest BCUT2D eigenvalue weighted by Gasteiger charge is -2.22. The van der Waals surface area contributed by atoms with Crippen LogP contribution < -0.4 is 5.32 Å². The quantitative estimate of drug-likeness (QED) is 0.676. The Labute approximate surface area is 124 Å². The number of nitrogens with one attached hydrogen (secondary N) is 1. The highest BCUT2D eigenvalue weighted by Gasteiger charge is 2.25. The number of aliphatic imine (C=N–C) groups is 1. The van der Waals surface area contributed by atoms with Gasteiger partial charge in [-0.2, -0.15) is 0 Å². The van der Waals surface area contributed by atoms with Gasteiger partial charge in [-0.1, -0.05) is 65.1 Å². The molecule has 1 aliphatic heterocycles. The van der Waals surface area contributed by atoms with E-state index in [1.54, 1.807) is 0 Å². The van der Waals surface area contributed by atoms with Crippen molar-refractivity contribution in [1.29, 1.82) is 0 Å². The Morgan fingerprint density at radius 2 is 2.05 bits per heavy atom. The molecule has 0 aromatic heterocycles. The molecule has 0 amide bonds. The highest BCUT2D eigenvalue weighted by atomic mass is 32.2. The van der Waals surface area contributed by atoms with Gasteiger partial charge in [0.15, 0.2) is 5.17 Å². The molecule has 0 saturated carbocycles. The molecule has 0 spiro atoms. The predicted molar refractivity (Wildman–Crippen MR) is 89.1 cm³/mol. The Balaban J connectivity index is 2.17. The van der Waals surface area contributed by atoms with Crippen LogP contribution in [0, 0.1) is 5.41 Å². The summed E-state index contributed by atoms with van der Waals surface area (Å²) in [6, 6.07) is 0.566. The van der Waals surface area contributed by atoms with Crippen LogP contribution in [0.4, 0.5) is 0 Å². The van der Waals surface area contributed by atoms with E-state index < -0.39 is 0 Å². The zero-order valence-corrected chi connectivity index (χ0v) is 14.3. The highest BCUT2D eigenvalue weighted by Crippen LogP contribution is 2.31. The molecule has 3 heteroatoms. The molecule has 2 atom stereocenters. The lowest BCUT2D eigenvalue weighted by molar-refractivity contribution is 0.375. The third-order valence-corrected chi connectivity index (χ3v) is 4.54. The largest absolute Gasteiger partial charge is 0.362 e. The zero-order valence-electron chi connectivity index (χ0n) is 13.5. The molecule has 0 aromatic carbocycles. The van der Waals surface area contributed by atoms with Crippen molar-refractivity contribution in [3.63, 3.8) is 0 Å². The van der Waals surface area contributed by atoms with E-state index in [1.807, 2.05) is 11.8 Å². The molecule has 1 rings (SSSR count). The average Bonchev–Trinajstić information content (AvgIpc) is 2.69. The van der Waals surface area contributed by atoms with Gasteiger partial charge in [0.05, 0.1) is 6.54 Å². The molecule has 2 unspecified atom stereocenters. The van der Waals surface area contributed by atoms with Crippen LogP contribution in [0.15, 0.2) is 4.99 Å². The van der Waals surface area contributed by atoms with Crippen LogP contribution in [0.1, 0.15) is 73.1 Å². The first-order chi connectivity index (χ1) is 8.90. The van der Waals surface area contributed by atoms with Crippen LogP contribution in [0.25, 0.3) is 0 Å². The van der Waals surface area contributed by atoms with Crippen molar-refractivity contribution in [2.75, 3.05) is 6.54 Å². The summed E-state index contributed by atoms with van der Waals surface area (Å²) < 4.78 is 0. The van der Waals surface area contributed by atoms with Crippen LogP contribution in [0.5, 0.6) is 0 Å². The normalized spacial score (nSPS) is 21.3. The maximum absolute atomic E-state index is 4.65. The van der Waals surface area contributed by atoms with Crippen molar-refractivity contribution in [2.45, 2.75) is 84.4 Å². The van der Waals surface area contributed by atoms with Gasteiger partial charge >= 0.3 is 0 Å². The van der Waals surface area contributed by atoms with Crippen molar-refractivity contribution in [3.8, 4) is 0 Å². The summed E-state index contributed by atoms with van der Waals surface area (Å²) in [5.41, 5.74) is 0.411. The smallest absolute Gasteiger partial charge is 0.157 e. The van der Waals surface area contributed by atoms with Gasteiger partial charge in [-0.05, 0) is 25.2 Å². The van der Waals surface area contributed by atoms with E-state index in [4.69, 9.17) is 0 Å². The fourth-order valence-corrected chi connectivity index (χ4v) is 3.91. The Hall–Kier alpha value is -0.180. The second kappa shape index (κ2) is 8.18. The van der Waals surface area contributed by atoms with E-state index in [0.29, 0.717) is 16.7 Å². The Kier molecular flexibility index (Phi) is 7.27. The first kappa shape index (κ1) is 16.9. The summed E-state index contributed by atoms with van der Waals surface area (Å²) in [4.78, 5) is 4.65. The van der Waals surface area contributed by atoms with Crippen LogP contribution in [0.2, 0.25) is 0 Å². The van der Waals surface area contributed by atoms with Gasteiger partial charge in [0.25, 0.3) is 0 Å². The molecule has 19 heavy (non-hydrogen) atoms. The fourth-order valence-electron chi connectivity index (χ4n) is 2.45. The average molecular weight is 285 g/mol. The molecule has 0 saturated heterocycles. The van der Waals surface area contributed by atoms with Crippen molar-refractivity contribution in [3.05, 3.63) is 0 Å². The summed E-state index contributed by atoms with van der Waals surface area (Å²) in [5, 5.41) is 5.44. The molecule has 1 heterocycles. The zero-order chi connectivity index (χ0) is 14.3. The minimum Gasteiger partial charge on any atom is -0.362 e. The van der Waals surface area contributed by atoms with Crippen molar-refractivity contribution < 1.29 is 0 Å². The standard InChI is InChI=1S/C16H32N2S/c1-6-7-8-9-10-13(2)18-15-17-12-14(19-15)11-16(3,4)5/h13-14H,6-12H2,1-5H3,(H,17,18). The first-order valence-corrected chi connectivity index (χ1v) is 8.76. The fraction of sp³-hybridized carbons (Fsp3) is 0.938. The van der Waals surface area contributed by atoms with E-state index >= 15 is 0 Å². The predicted octanol–water partition coefficient (Wildman–Crippen LogP) is 4.84. The Morgan fingerprint density at radius 1 is 1.32 bits per heavy atom. The van der Waals surface area contributed by atoms with Crippen LogP contribution in [-0.2, 0) is 0 Å². The van der Waals surface area contributed by atoms with E-state index in [2.05, 4.69) is 44.9 Å². The topological polar surface area (TPSA) is 24.4 Å². The maximum Gasteiger partial charge on any atom is 0.157 e. The SMILES string of the molecule is CCCCCCC(C)NC1=NCC(CC(C)(C)C)S1. The van der Waals surface area contributed by atoms with Gasteiger partial charge in [0.2, 0.25) is 0 Å². The summed E-state index contributed by atoms with van der Waals surface area (Å²) in [6.45, 7) is 12.5. The summed E-state index contributed by atoms with van der Waals surface area (Å²) in [5.74, 6) is 0. The number of unbranched alkanes of at least 4 members (excludes halogenated alkanes) is 3. The van der Waals surface area contributed by atoms with Crippen molar-refractivity contribution in [2.24, 2.45) is 10.4 Å². The van der Waals surface area contributed by atoms with Gasteiger partial charge in [-0.15, -0.1) is 0 Å². The third-order valence-electron chi connectivity index (χ3n) is 3.42. The van der Waals surface area contributed by atoms with Crippen LogP contribution in [-0.4, -0.2) is 23.0 Å². The molecule has 0 aliphatic carbocycles. The maximum atomic E-state index is 4.65. The van der Waals surface area contributed by atoms with Crippen molar-refractivity contribution >= 4 is 16.9 Å². The third kappa shape index (κ3) is 7.86. The number of rotatable bonds is 7. The second-order valence-electron chi connectivity index (χ2n) is 7.05. The number of hydrogen-bond donors (Lipinski definition) is 1. The highest BCUT2D eigenvalue weighted by molar-refractivity contribution is 8.14. The molecule has 112 valence electrons. The lowest BCUT2D eigenvalue weighted by Crippen LogP contribution is -2.30. The number of thioether (sulfide) groups is 1. The molecule has 0 aromatic rings. The number of hydrogen-bond acceptors (Lipinski definition) is 3.